The molecule has 1 aromatic heterocycles. The minimum absolute atomic E-state index is 0.624. The molecule has 1 aromatic carbocycles. The van der Waals surface area contributed by atoms with Crippen LogP contribution in [0.2, 0.25) is 0 Å². The predicted molar refractivity (Wildman–Crippen MR) is 71.4 cm³/mol. The zero-order chi connectivity index (χ0) is 12.5. The number of hydrogen-bond acceptors (Lipinski definition) is 5. The monoisotopic (exact) mass is 246 g/mol. The number of fused-ring (bicyclic) bond motifs is 1. The summed E-state index contributed by atoms with van der Waals surface area (Å²) >= 11 is 0. The first kappa shape index (κ1) is 11.3. The highest BCUT2D eigenvalue weighted by atomic mass is 16.6. The van der Waals surface area contributed by atoms with Crippen molar-refractivity contribution in [1.29, 1.82) is 0 Å². The quantitative estimate of drug-likeness (QED) is 0.842. The van der Waals surface area contributed by atoms with Crippen molar-refractivity contribution in [3.63, 3.8) is 0 Å². The molecule has 5 nitrogen and oxygen atoms in total. The molecule has 18 heavy (non-hydrogen) atoms. The van der Waals surface area contributed by atoms with Gasteiger partial charge in [0.15, 0.2) is 11.0 Å². The van der Waals surface area contributed by atoms with Crippen molar-refractivity contribution < 1.29 is 4.63 Å². The maximum atomic E-state index is 5.86. The Morgan fingerprint density at radius 1 is 1.39 bits per heavy atom. The first-order chi connectivity index (χ1) is 8.79. The van der Waals surface area contributed by atoms with E-state index < -0.39 is 0 Å². The van der Waals surface area contributed by atoms with Crippen molar-refractivity contribution in [3.8, 4) is 0 Å². The van der Waals surface area contributed by atoms with Gasteiger partial charge < -0.3 is 10.6 Å². The van der Waals surface area contributed by atoms with Gasteiger partial charge in [-0.25, -0.2) is 4.63 Å². The largest absolute Gasteiger partial charge is 0.397 e. The van der Waals surface area contributed by atoms with E-state index in [2.05, 4.69) is 22.1 Å². The Balaban J connectivity index is 1.91. The zero-order valence-electron chi connectivity index (χ0n) is 10.6. The number of aromatic nitrogens is 2. The van der Waals surface area contributed by atoms with Gasteiger partial charge in [0, 0.05) is 13.1 Å². The average molecular weight is 246 g/mol. The Kier molecular flexibility index (Phi) is 2.81. The van der Waals surface area contributed by atoms with E-state index in [0.29, 0.717) is 11.2 Å². The van der Waals surface area contributed by atoms with Gasteiger partial charge in [-0.05, 0) is 41.2 Å². The van der Waals surface area contributed by atoms with Crippen molar-refractivity contribution in [1.82, 2.24) is 10.3 Å². The molecular weight excluding hydrogens is 228 g/mol. The molecular formula is C13H18N4O. The lowest BCUT2D eigenvalue weighted by Crippen LogP contribution is -2.20. The number of rotatable bonds is 3. The molecule has 1 aliphatic heterocycles. The summed E-state index contributed by atoms with van der Waals surface area (Å²) in [5, 5.41) is 7.86. The number of nitrogens with zero attached hydrogens (tertiary/aromatic N) is 3. The molecule has 0 spiro atoms. The standard InChI is InChI=1S/C13H18N4O/c1-2-3-9-6-7-17(8-9)11-5-4-10(14)12-13(11)16-18-15-12/h4-5,9H,2-3,6-8,14H2,1H3. The van der Waals surface area contributed by atoms with Gasteiger partial charge in [0.25, 0.3) is 0 Å². The van der Waals surface area contributed by atoms with Gasteiger partial charge in [-0.2, -0.15) is 0 Å². The summed E-state index contributed by atoms with van der Waals surface area (Å²) in [7, 11) is 0. The smallest absolute Gasteiger partial charge is 0.160 e. The highest BCUT2D eigenvalue weighted by Crippen LogP contribution is 2.32. The molecule has 2 heterocycles. The Labute approximate surface area is 106 Å². The van der Waals surface area contributed by atoms with Gasteiger partial charge in [-0.15, -0.1) is 0 Å². The zero-order valence-corrected chi connectivity index (χ0v) is 10.6. The fourth-order valence-electron chi connectivity index (χ4n) is 2.82. The van der Waals surface area contributed by atoms with Gasteiger partial charge >= 0.3 is 0 Å². The molecule has 2 N–H and O–H groups in total. The van der Waals surface area contributed by atoms with Gasteiger partial charge in [0.05, 0.1) is 11.4 Å². The predicted octanol–water partition coefficient (Wildman–Crippen LogP) is 2.43. The van der Waals surface area contributed by atoms with Crippen LogP contribution in [-0.2, 0) is 0 Å². The number of hydrogen-bond donors (Lipinski definition) is 1. The van der Waals surface area contributed by atoms with Crippen molar-refractivity contribution in [2.75, 3.05) is 23.7 Å². The molecule has 1 fully saturated rings. The maximum absolute atomic E-state index is 5.86. The summed E-state index contributed by atoms with van der Waals surface area (Å²) in [6.45, 7) is 4.42. The highest BCUT2D eigenvalue weighted by molar-refractivity contribution is 5.95. The Morgan fingerprint density at radius 2 is 2.22 bits per heavy atom. The molecule has 0 aliphatic carbocycles. The van der Waals surface area contributed by atoms with Crippen LogP contribution in [-0.4, -0.2) is 23.4 Å². The van der Waals surface area contributed by atoms with E-state index >= 15 is 0 Å². The van der Waals surface area contributed by atoms with Crippen molar-refractivity contribution in [2.24, 2.45) is 5.92 Å². The van der Waals surface area contributed by atoms with Crippen LogP contribution in [0.5, 0.6) is 0 Å². The third kappa shape index (κ3) is 1.79. The average Bonchev–Trinajstić information content (AvgIpc) is 2.99. The molecule has 1 saturated heterocycles. The normalized spacial score (nSPS) is 19.8. The topological polar surface area (TPSA) is 68.2 Å². The Hall–Kier alpha value is -1.78. The van der Waals surface area contributed by atoms with E-state index in [0.717, 1.165) is 30.2 Å². The summed E-state index contributed by atoms with van der Waals surface area (Å²) in [6, 6.07) is 3.91. The third-order valence-electron chi connectivity index (χ3n) is 3.75. The number of anilines is 2. The van der Waals surface area contributed by atoms with Crippen molar-refractivity contribution in [3.05, 3.63) is 12.1 Å². The summed E-state index contributed by atoms with van der Waals surface area (Å²) in [5.74, 6) is 0.794. The van der Waals surface area contributed by atoms with E-state index in [-0.39, 0.29) is 0 Å². The molecule has 0 saturated carbocycles. The van der Waals surface area contributed by atoms with Crippen LogP contribution < -0.4 is 10.6 Å². The van der Waals surface area contributed by atoms with Crippen LogP contribution in [0.1, 0.15) is 26.2 Å². The fourth-order valence-corrected chi connectivity index (χ4v) is 2.82. The lowest BCUT2D eigenvalue weighted by atomic mass is 10.0. The highest BCUT2D eigenvalue weighted by Gasteiger charge is 2.24. The van der Waals surface area contributed by atoms with Crippen LogP contribution in [0.3, 0.4) is 0 Å². The SMILES string of the molecule is CCCC1CCN(c2ccc(N)c3nonc23)C1. The molecule has 1 atom stereocenters. The Morgan fingerprint density at radius 3 is 3.06 bits per heavy atom. The summed E-state index contributed by atoms with van der Waals surface area (Å²) < 4.78 is 4.81. The molecule has 2 aromatic rings. The summed E-state index contributed by atoms with van der Waals surface area (Å²) in [6.07, 6.45) is 3.80. The van der Waals surface area contributed by atoms with Crippen LogP contribution in [0.4, 0.5) is 11.4 Å². The van der Waals surface area contributed by atoms with Crippen LogP contribution in [0.15, 0.2) is 16.8 Å². The minimum atomic E-state index is 0.624. The van der Waals surface area contributed by atoms with Gasteiger partial charge in [-0.3, -0.25) is 0 Å². The van der Waals surface area contributed by atoms with Crippen molar-refractivity contribution >= 4 is 22.4 Å². The maximum Gasteiger partial charge on any atom is 0.160 e. The molecule has 1 unspecified atom stereocenters. The van der Waals surface area contributed by atoms with E-state index in [1.165, 1.54) is 19.3 Å². The fraction of sp³-hybridized carbons (Fsp3) is 0.538. The van der Waals surface area contributed by atoms with E-state index in [1.807, 2.05) is 12.1 Å². The molecule has 1 aliphatic rings. The second kappa shape index (κ2) is 4.48. The van der Waals surface area contributed by atoms with Gasteiger partial charge in [0.1, 0.15) is 0 Å². The molecule has 5 heteroatoms. The molecule has 0 radical (unpaired) electrons. The summed E-state index contributed by atoms with van der Waals surface area (Å²) in [5.41, 5.74) is 9.04. The van der Waals surface area contributed by atoms with Crippen LogP contribution >= 0.6 is 0 Å². The van der Waals surface area contributed by atoms with Crippen LogP contribution in [0, 0.1) is 5.92 Å². The third-order valence-corrected chi connectivity index (χ3v) is 3.75. The van der Waals surface area contributed by atoms with E-state index in [4.69, 9.17) is 10.4 Å². The second-order valence-electron chi connectivity index (χ2n) is 5.02. The number of nitrogen functional groups attached to an aromatic ring is 1. The first-order valence-electron chi connectivity index (χ1n) is 6.55. The number of benzene rings is 1. The molecule has 3 rings (SSSR count). The van der Waals surface area contributed by atoms with Gasteiger partial charge in [-0.1, -0.05) is 13.3 Å². The first-order valence-corrected chi connectivity index (χ1v) is 6.55. The minimum Gasteiger partial charge on any atom is -0.397 e. The van der Waals surface area contributed by atoms with Crippen LogP contribution in [0.25, 0.3) is 11.0 Å². The lowest BCUT2D eigenvalue weighted by molar-refractivity contribution is 0.315. The van der Waals surface area contributed by atoms with Gasteiger partial charge in [0.2, 0.25) is 0 Å². The second-order valence-corrected chi connectivity index (χ2v) is 5.02. The lowest BCUT2D eigenvalue weighted by Gasteiger charge is -2.18. The molecule has 0 bridgehead atoms. The molecule has 0 amide bonds. The summed E-state index contributed by atoms with van der Waals surface area (Å²) in [4.78, 5) is 2.37. The van der Waals surface area contributed by atoms with Crippen molar-refractivity contribution in [2.45, 2.75) is 26.2 Å². The molecule has 96 valence electrons. The van der Waals surface area contributed by atoms with E-state index in [1.54, 1.807) is 0 Å². The number of nitrogens with two attached hydrogens (primary N) is 1. The Bertz CT molecular complexity index is 551. The van der Waals surface area contributed by atoms with E-state index in [9.17, 15) is 0 Å².